The summed E-state index contributed by atoms with van der Waals surface area (Å²) in [4.78, 5) is 26.9. The first-order chi connectivity index (χ1) is 14.6. The maximum absolute atomic E-state index is 12.5. The van der Waals surface area contributed by atoms with Crippen molar-refractivity contribution >= 4 is 23.3 Å². The van der Waals surface area contributed by atoms with E-state index in [4.69, 9.17) is 4.74 Å². The van der Waals surface area contributed by atoms with Crippen molar-refractivity contribution in [2.24, 2.45) is 0 Å². The summed E-state index contributed by atoms with van der Waals surface area (Å²) in [6.07, 6.45) is 2.67. The predicted octanol–water partition coefficient (Wildman–Crippen LogP) is 5.09. The Kier molecular flexibility index (Phi) is 8.49. The van der Waals surface area contributed by atoms with E-state index in [-0.39, 0.29) is 11.6 Å². The normalized spacial score (nSPS) is 12.1. The maximum Gasteiger partial charge on any atom is 0.163 e. The van der Waals surface area contributed by atoms with Gasteiger partial charge >= 0.3 is 0 Å². The highest BCUT2D eigenvalue weighted by Gasteiger charge is 2.21. The summed E-state index contributed by atoms with van der Waals surface area (Å²) < 4.78 is 6.10. The number of carbonyl (C=O) groups is 2. The third-order valence-electron chi connectivity index (χ3n) is 4.99. The molecule has 0 spiro atoms. The standard InChI is InChI=1S/C24H30N2O3S/c1-3-25-13-5-7-19(27)17-9-11-23-21(15-17)29-22-16-18(10-12-24(22)30-23)20(28)8-6-14-26-4-2/h9-12,15-16,25-26H,3-8,13-14H2,1-2H3. The molecule has 30 heavy (non-hydrogen) atoms. The molecule has 0 saturated carbocycles. The van der Waals surface area contributed by atoms with Crippen molar-refractivity contribution in [3.63, 3.8) is 0 Å². The summed E-state index contributed by atoms with van der Waals surface area (Å²) in [5, 5.41) is 6.48. The summed E-state index contributed by atoms with van der Waals surface area (Å²) in [5.74, 6) is 1.61. The van der Waals surface area contributed by atoms with Crippen LogP contribution in [0.4, 0.5) is 0 Å². The van der Waals surface area contributed by atoms with Gasteiger partial charge in [-0.05, 0) is 63.3 Å². The van der Waals surface area contributed by atoms with E-state index in [0.29, 0.717) is 35.5 Å². The third kappa shape index (κ3) is 5.94. The molecule has 0 fully saturated rings. The molecule has 1 aliphatic rings. The van der Waals surface area contributed by atoms with Gasteiger partial charge in [0.25, 0.3) is 0 Å². The van der Waals surface area contributed by atoms with Crippen molar-refractivity contribution in [1.29, 1.82) is 0 Å². The first-order valence-electron chi connectivity index (χ1n) is 10.7. The van der Waals surface area contributed by atoms with E-state index in [0.717, 1.165) is 48.8 Å². The average molecular weight is 427 g/mol. The fraction of sp³-hybridized carbons (Fsp3) is 0.417. The highest BCUT2D eigenvalue weighted by atomic mass is 32.2. The topological polar surface area (TPSA) is 67.4 Å². The summed E-state index contributed by atoms with van der Waals surface area (Å²) in [6.45, 7) is 7.63. The van der Waals surface area contributed by atoms with E-state index in [1.165, 1.54) is 0 Å². The molecule has 0 amide bonds. The quantitative estimate of drug-likeness (QED) is 0.311. The summed E-state index contributed by atoms with van der Waals surface area (Å²) in [5.41, 5.74) is 1.34. The van der Waals surface area contributed by atoms with Gasteiger partial charge in [0.1, 0.15) is 11.5 Å². The predicted molar refractivity (Wildman–Crippen MR) is 121 cm³/mol. The maximum atomic E-state index is 12.5. The van der Waals surface area contributed by atoms with Crippen LogP contribution < -0.4 is 15.4 Å². The van der Waals surface area contributed by atoms with Crippen LogP contribution in [0.5, 0.6) is 11.5 Å². The van der Waals surface area contributed by atoms with Crippen molar-refractivity contribution in [2.75, 3.05) is 26.2 Å². The van der Waals surface area contributed by atoms with Crippen LogP contribution in [0.15, 0.2) is 46.2 Å². The van der Waals surface area contributed by atoms with E-state index >= 15 is 0 Å². The van der Waals surface area contributed by atoms with Crippen molar-refractivity contribution in [3.8, 4) is 11.5 Å². The van der Waals surface area contributed by atoms with Gasteiger partial charge in [0.2, 0.25) is 0 Å². The largest absolute Gasteiger partial charge is 0.455 e. The van der Waals surface area contributed by atoms with E-state index in [2.05, 4.69) is 24.5 Å². The molecule has 160 valence electrons. The highest BCUT2D eigenvalue weighted by Crippen LogP contribution is 2.47. The molecule has 1 heterocycles. The number of ether oxygens (including phenoxy) is 1. The molecule has 0 aliphatic carbocycles. The second-order valence-corrected chi connectivity index (χ2v) is 8.37. The number of rotatable bonds is 12. The number of ketones is 2. The van der Waals surface area contributed by atoms with Crippen LogP contribution >= 0.6 is 11.8 Å². The van der Waals surface area contributed by atoms with Gasteiger partial charge in [-0.15, -0.1) is 0 Å². The second-order valence-electron chi connectivity index (χ2n) is 7.29. The van der Waals surface area contributed by atoms with Crippen LogP contribution in [-0.2, 0) is 0 Å². The van der Waals surface area contributed by atoms with Crippen LogP contribution in [0.2, 0.25) is 0 Å². The number of carbonyl (C=O) groups excluding carboxylic acids is 2. The van der Waals surface area contributed by atoms with Crippen LogP contribution in [0.3, 0.4) is 0 Å². The van der Waals surface area contributed by atoms with Gasteiger partial charge in [0, 0.05) is 24.0 Å². The van der Waals surface area contributed by atoms with Gasteiger partial charge in [-0.3, -0.25) is 9.59 Å². The van der Waals surface area contributed by atoms with Crippen LogP contribution in [0.25, 0.3) is 0 Å². The van der Waals surface area contributed by atoms with Crippen molar-refractivity contribution in [1.82, 2.24) is 10.6 Å². The molecule has 0 bridgehead atoms. The molecular weight excluding hydrogens is 396 g/mol. The van der Waals surface area contributed by atoms with Gasteiger partial charge in [-0.1, -0.05) is 37.7 Å². The minimum Gasteiger partial charge on any atom is -0.455 e. The molecule has 2 N–H and O–H groups in total. The zero-order chi connectivity index (χ0) is 21.3. The monoisotopic (exact) mass is 426 g/mol. The molecule has 3 rings (SSSR count). The van der Waals surface area contributed by atoms with Gasteiger partial charge in [-0.2, -0.15) is 0 Å². The Labute approximate surface area is 183 Å². The van der Waals surface area contributed by atoms with Crippen molar-refractivity contribution < 1.29 is 14.3 Å². The molecule has 0 unspecified atom stereocenters. The Hall–Kier alpha value is -2.15. The zero-order valence-corrected chi connectivity index (χ0v) is 18.6. The van der Waals surface area contributed by atoms with Crippen LogP contribution in [0.1, 0.15) is 60.2 Å². The second kappa shape index (κ2) is 11.3. The number of hydrogen-bond donors (Lipinski definition) is 2. The van der Waals surface area contributed by atoms with Gasteiger partial charge in [-0.25, -0.2) is 0 Å². The van der Waals surface area contributed by atoms with Gasteiger partial charge < -0.3 is 15.4 Å². The van der Waals surface area contributed by atoms with Crippen LogP contribution in [0, 0.1) is 0 Å². The molecule has 0 saturated heterocycles. The lowest BCUT2D eigenvalue weighted by molar-refractivity contribution is 0.0972. The molecule has 2 aromatic rings. The summed E-state index contributed by atoms with van der Waals surface area (Å²) in [7, 11) is 0. The molecule has 0 radical (unpaired) electrons. The van der Waals surface area contributed by atoms with Crippen molar-refractivity contribution in [2.45, 2.75) is 49.3 Å². The Morgan fingerprint density at radius 2 is 1.27 bits per heavy atom. The van der Waals surface area contributed by atoms with Gasteiger partial charge in [0.05, 0.1) is 9.79 Å². The summed E-state index contributed by atoms with van der Waals surface area (Å²) in [6, 6.07) is 11.3. The number of Topliss-reactive ketones (excluding diaryl/α,β-unsaturated/α-hetero) is 2. The van der Waals surface area contributed by atoms with Gasteiger partial charge in [0.15, 0.2) is 11.6 Å². The number of fused-ring (bicyclic) bond motifs is 2. The highest BCUT2D eigenvalue weighted by molar-refractivity contribution is 7.99. The Balaban J connectivity index is 1.66. The number of nitrogens with one attached hydrogen (secondary N) is 2. The molecule has 5 nitrogen and oxygen atoms in total. The molecule has 0 atom stereocenters. The SMILES string of the molecule is CCNCCCC(=O)c1ccc2c(c1)Oc1cc(C(=O)CCCNCC)ccc1S2. The first-order valence-corrected chi connectivity index (χ1v) is 11.6. The Morgan fingerprint density at radius 1 is 0.800 bits per heavy atom. The van der Waals surface area contributed by atoms with E-state index < -0.39 is 0 Å². The molecule has 2 aromatic carbocycles. The number of benzene rings is 2. The number of hydrogen-bond acceptors (Lipinski definition) is 6. The van der Waals surface area contributed by atoms with E-state index in [1.54, 1.807) is 11.8 Å². The van der Waals surface area contributed by atoms with Crippen molar-refractivity contribution in [3.05, 3.63) is 47.5 Å². The lowest BCUT2D eigenvalue weighted by atomic mass is 10.1. The fourth-order valence-electron chi connectivity index (χ4n) is 3.32. The molecule has 0 aromatic heterocycles. The first kappa shape index (κ1) is 22.5. The lowest BCUT2D eigenvalue weighted by Gasteiger charge is -2.20. The third-order valence-corrected chi connectivity index (χ3v) is 6.10. The van der Waals surface area contributed by atoms with E-state index in [1.807, 2.05) is 36.4 Å². The summed E-state index contributed by atoms with van der Waals surface area (Å²) >= 11 is 1.60. The van der Waals surface area contributed by atoms with Crippen LogP contribution in [-0.4, -0.2) is 37.7 Å². The molecule has 6 heteroatoms. The fourth-order valence-corrected chi connectivity index (χ4v) is 4.23. The van der Waals surface area contributed by atoms with E-state index in [9.17, 15) is 9.59 Å². The minimum atomic E-state index is 0.125. The lowest BCUT2D eigenvalue weighted by Crippen LogP contribution is -2.15. The zero-order valence-electron chi connectivity index (χ0n) is 17.8. The minimum absolute atomic E-state index is 0.125. The Bertz CT molecular complexity index is 827. The molecular formula is C24H30N2O3S. The average Bonchev–Trinajstić information content (AvgIpc) is 2.77. The smallest absolute Gasteiger partial charge is 0.163 e. The molecule has 1 aliphatic heterocycles. The Morgan fingerprint density at radius 3 is 1.70 bits per heavy atom.